The number of rotatable bonds is 6. The van der Waals surface area contributed by atoms with Gasteiger partial charge >= 0.3 is 6.18 Å². The second-order valence-electron chi connectivity index (χ2n) is 8.46. The molecule has 0 aromatic heterocycles. The molecule has 35 heavy (non-hydrogen) atoms. The van der Waals surface area contributed by atoms with Gasteiger partial charge in [0.15, 0.2) is 0 Å². The number of carbonyl (C=O) groups is 1. The Balaban J connectivity index is 1.96. The second kappa shape index (κ2) is 10.2. The second-order valence-corrected chi connectivity index (χ2v) is 8.46. The van der Waals surface area contributed by atoms with Crippen molar-refractivity contribution in [2.24, 2.45) is 0 Å². The zero-order valence-corrected chi connectivity index (χ0v) is 19.3. The summed E-state index contributed by atoms with van der Waals surface area (Å²) in [6.45, 7) is 3.04. The van der Waals surface area contributed by atoms with Crippen molar-refractivity contribution in [3.05, 3.63) is 106 Å². The van der Waals surface area contributed by atoms with Crippen molar-refractivity contribution in [3.63, 3.8) is 0 Å². The maximum atomic E-state index is 13.6. The number of hydrogen-bond donors (Lipinski definition) is 2. The van der Waals surface area contributed by atoms with Gasteiger partial charge < -0.3 is 15.2 Å². The zero-order valence-electron chi connectivity index (χ0n) is 19.3. The topological polar surface area (TPSA) is 61.8 Å². The fourth-order valence-electron chi connectivity index (χ4n) is 4.52. The standard InChI is InChI=1S/C27H27F3N2O3/c1-31-25(33)22-10-3-5-12-24(22)26(34,20-8-6-9-21(17-20)27(28,29)30)23-11-4-2-7-19(23)18-32-13-15-35-16-14-32/h2-12,17,34H,13-16,18H2,1H3,(H,31,33). The van der Waals surface area contributed by atoms with E-state index in [9.17, 15) is 23.1 Å². The van der Waals surface area contributed by atoms with Gasteiger partial charge in [0.05, 0.1) is 18.8 Å². The Morgan fingerprint density at radius 3 is 2.26 bits per heavy atom. The molecule has 1 saturated heterocycles. The average molecular weight is 485 g/mol. The van der Waals surface area contributed by atoms with Crippen molar-refractivity contribution in [2.75, 3.05) is 33.4 Å². The Morgan fingerprint density at radius 2 is 1.57 bits per heavy atom. The highest BCUT2D eigenvalue weighted by molar-refractivity contribution is 5.96. The molecule has 184 valence electrons. The summed E-state index contributed by atoms with van der Waals surface area (Å²) >= 11 is 0. The van der Waals surface area contributed by atoms with Gasteiger partial charge in [-0.1, -0.05) is 54.6 Å². The summed E-state index contributed by atoms with van der Waals surface area (Å²) in [7, 11) is 1.47. The first-order valence-electron chi connectivity index (χ1n) is 11.4. The molecule has 4 rings (SSSR count). The molecule has 0 radical (unpaired) electrons. The van der Waals surface area contributed by atoms with E-state index in [0.717, 1.165) is 17.7 Å². The first kappa shape index (κ1) is 24.9. The Hall–Kier alpha value is -3.20. The quantitative estimate of drug-likeness (QED) is 0.516. The number of nitrogens with zero attached hydrogens (tertiary/aromatic N) is 1. The van der Waals surface area contributed by atoms with Crippen molar-refractivity contribution in [1.29, 1.82) is 0 Å². The van der Waals surface area contributed by atoms with Gasteiger partial charge in [-0.25, -0.2) is 0 Å². The van der Waals surface area contributed by atoms with E-state index in [2.05, 4.69) is 10.2 Å². The summed E-state index contributed by atoms with van der Waals surface area (Å²) in [4.78, 5) is 14.9. The molecular weight excluding hydrogens is 457 g/mol. The predicted octanol–water partition coefficient (Wildman–Crippen LogP) is 4.18. The first-order chi connectivity index (χ1) is 16.7. The van der Waals surface area contributed by atoms with Gasteiger partial charge in [0.1, 0.15) is 5.60 Å². The Bertz CT molecular complexity index is 1190. The van der Waals surface area contributed by atoms with Crippen LogP contribution in [0.2, 0.25) is 0 Å². The minimum absolute atomic E-state index is 0.0260. The van der Waals surface area contributed by atoms with Gasteiger partial charge in [-0.3, -0.25) is 9.69 Å². The van der Waals surface area contributed by atoms with Crippen LogP contribution in [0.4, 0.5) is 13.2 Å². The van der Waals surface area contributed by atoms with E-state index in [0.29, 0.717) is 38.4 Å². The molecule has 1 fully saturated rings. The summed E-state index contributed by atoms with van der Waals surface area (Å²) in [6.07, 6.45) is -4.59. The van der Waals surface area contributed by atoms with E-state index in [4.69, 9.17) is 4.74 Å². The van der Waals surface area contributed by atoms with Crippen LogP contribution in [-0.2, 0) is 23.1 Å². The monoisotopic (exact) mass is 484 g/mol. The van der Waals surface area contributed by atoms with Gasteiger partial charge in [0.2, 0.25) is 0 Å². The number of halogens is 3. The lowest BCUT2D eigenvalue weighted by Crippen LogP contribution is -2.38. The summed E-state index contributed by atoms with van der Waals surface area (Å²) < 4.78 is 46.4. The molecule has 2 N–H and O–H groups in total. The number of carbonyl (C=O) groups excluding carboxylic acids is 1. The molecule has 3 aromatic carbocycles. The molecule has 3 aromatic rings. The van der Waals surface area contributed by atoms with Gasteiger partial charge in [0, 0.05) is 37.8 Å². The van der Waals surface area contributed by atoms with Gasteiger partial charge in [-0.05, 0) is 34.9 Å². The van der Waals surface area contributed by atoms with Crippen LogP contribution in [0.3, 0.4) is 0 Å². The molecule has 0 spiro atoms. The van der Waals surface area contributed by atoms with E-state index < -0.39 is 23.2 Å². The van der Waals surface area contributed by atoms with Gasteiger partial charge in [-0.2, -0.15) is 13.2 Å². The van der Waals surface area contributed by atoms with Crippen LogP contribution in [0.1, 0.15) is 38.2 Å². The molecule has 8 heteroatoms. The van der Waals surface area contributed by atoms with E-state index in [1.165, 1.54) is 19.2 Å². The normalized spacial score (nSPS) is 16.5. The zero-order chi connectivity index (χ0) is 25.1. The maximum absolute atomic E-state index is 13.6. The smallest absolute Gasteiger partial charge is 0.379 e. The average Bonchev–Trinajstić information content (AvgIpc) is 2.88. The van der Waals surface area contributed by atoms with E-state index >= 15 is 0 Å². The van der Waals surface area contributed by atoms with Gasteiger partial charge in [0.25, 0.3) is 5.91 Å². The SMILES string of the molecule is CNC(=O)c1ccccc1C(O)(c1cccc(C(F)(F)F)c1)c1ccccc1CN1CCOCC1. The van der Waals surface area contributed by atoms with Crippen molar-refractivity contribution < 1.29 is 27.8 Å². The third-order valence-electron chi connectivity index (χ3n) is 6.30. The molecular formula is C27H27F3N2O3. The highest BCUT2D eigenvalue weighted by atomic mass is 19.4. The maximum Gasteiger partial charge on any atom is 0.416 e. The summed E-state index contributed by atoms with van der Waals surface area (Å²) in [6, 6.07) is 18.2. The van der Waals surface area contributed by atoms with Crippen LogP contribution < -0.4 is 5.32 Å². The summed E-state index contributed by atoms with van der Waals surface area (Å²) in [5, 5.41) is 15.0. The van der Waals surface area contributed by atoms with Crippen LogP contribution in [0.25, 0.3) is 0 Å². The summed E-state index contributed by atoms with van der Waals surface area (Å²) in [5.41, 5.74) is -1.32. The minimum atomic E-state index is -4.59. The van der Waals surface area contributed by atoms with Gasteiger partial charge in [-0.15, -0.1) is 0 Å². The molecule has 0 bridgehead atoms. The highest BCUT2D eigenvalue weighted by Crippen LogP contribution is 2.42. The number of ether oxygens (including phenoxy) is 1. The molecule has 1 atom stereocenters. The minimum Gasteiger partial charge on any atom is -0.379 e. The van der Waals surface area contributed by atoms with E-state index in [-0.39, 0.29) is 16.7 Å². The third-order valence-corrected chi connectivity index (χ3v) is 6.30. The molecule has 1 aliphatic heterocycles. The number of benzene rings is 3. The number of amides is 1. The fourth-order valence-corrected chi connectivity index (χ4v) is 4.52. The summed E-state index contributed by atoms with van der Waals surface area (Å²) in [5.74, 6) is -0.448. The fraction of sp³-hybridized carbons (Fsp3) is 0.296. The van der Waals surface area contributed by atoms with Crippen molar-refractivity contribution in [2.45, 2.75) is 18.3 Å². The van der Waals surface area contributed by atoms with Crippen LogP contribution in [0.5, 0.6) is 0 Å². The van der Waals surface area contributed by atoms with E-state index in [1.807, 2.05) is 12.1 Å². The number of hydrogen-bond acceptors (Lipinski definition) is 4. The number of alkyl halides is 3. The first-order valence-corrected chi connectivity index (χ1v) is 11.4. The molecule has 0 saturated carbocycles. The van der Waals surface area contributed by atoms with Crippen LogP contribution in [0.15, 0.2) is 72.8 Å². The van der Waals surface area contributed by atoms with Crippen LogP contribution in [-0.4, -0.2) is 49.3 Å². The molecule has 0 aliphatic carbocycles. The molecule has 1 heterocycles. The van der Waals surface area contributed by atoms with Crippen LogP contribution >= 0.6 is 0 Å². The third kappa shape index (κ3) is 5.10. The Morgan fingerprint density at radius 1 is 0.943 bits per heavy atom. The van der Waals surface area contributed by atoms with E-state index in [1.54, 1.807) is 36.4 Å². The Kier molecular flexibility index (Phi) is 7.25. The van der Waals surface area contributed by atoms with Crippen LogP contribution in [0, 0.1) is 0 Å². The predicted molar refractivity (Wildman–Crippen MR) is 126 cm³/mol. The lowest BCUT2D eigenvalue weighted by atomic mass is 9.76. The van der Waals surface area contributed by atoms with Crippen molar-refractivity contribution in [1.82, 2.24) is 10.2 Å². The molecule has 5 nitrogen and oxygen atoms in total. The molecule has 1 unspecified atom stereocenters. The molecule has 1 aliphatic rings. The molecule has 1 amide bonds. The highest BCUT2D eigenvalue weighted by Gasteiger charge is 2.40. The Labute approximate surface area is 202 Å². The lowest BCUT2D eigenvalue weighted by molar-refractivity contribution is -0.137. The van der Waals surface area contributed by atoms with Crippen molar-refractivity contribution >= 4 is 5.91 Å². The number of aliphatic hydroxyl groups is 1. The largest absolute Gasteiger partial charge is 0.416 e. The number of morpholine rings is 1. The lowest BCUT2D eigenvalue weighted by Gasteiger charge is -2.35. The van der Waals surface area contributed by atoms with Crippen molar-refractivity contribution in [3.8, 4) is 0 Å². The number of nitrogens with one attached hydrogen (secondary N) is 1.